The Morgan fingerprint density at radius 1 is 1.00 bits per heavy atom. The maximum absolute atomic E-state index is 5.90. The Balaban J connectivity index is 2.42. The molecule has 1 aliphatic rings. The maximum atomic E-state index is 5.90. The number of hydrogen-bond donors (Lipinski definition) is 0. The van der Waals surface area contributed by atoms with Gasteiger partial charge in [-0.05, 0) is 19.8 Å². The number of hydrogen-bond acceptors (Lipinski definition) is 4. The third kappa shape index (κ3) is 5.78. The topological polar surface area (TPSA) is 36.9 Å². The smallest absolute Gasteiger partial charge is 0.183 e. The van der Waals surface area contributed by atoms with Gasteiger partial charge in [0.05, 0.1) is 12.2 Å². The van der Waals surface area contributed by atoms with Gasteiger partial charge in [0.25, 0.3) is 0 Å². The van der Waals surface area contributed by atoms with E-state index in [4.69, 9.17) is 18.9 Å². The maximum Gasteiger partial charge on any atom is 0.183 e. The minimum Gasteiger partial charge on any atom is -0.375 e. The number of methoxy groups -OCH3 is 1. The van der Waals surface area contributed by atoms with Gasteiger partial charge in [-0.25, -0.2) is 0 Å². The van der Waals surface area contributed by atoms with Crippen LogP contribution in [0.15, 0.2) is 0 Å². The van der Waals surface area contributed by atoms with Crippen molar-refractivity contribution in [1.82, 2.24) is 0 Å². The standard InChI is InChI=1S/C15H30O4/c1-5-7-9-17-13-11-14(18-10-8-6-2)15(16-4)19-12(13)3/h12-15H,5-11H2,1-4H3/t12?,13-,14+,15-/m0/s1. The van der Waals surface area contributed by atoms with E-state index in [1.54, 1.807) is 7.11 Å². The van der Waals surface area contributed by atoms with Crippen LogP contribution in [0.4, 0.5) is 0 Å². The van der Waals surface area contributed by atoms with Crippen LogP contribution in [0.5, 0.6) is 0 Å². The van der Waals surface area contributed by atoms with Crippen molar-refractivity contribution in [1.29, 1.82) is 0 Å². The summed E-state index contributed by atoms with van der Waals surface area (Å²) in [6.07, 6.45) is 5.21. The van der Waals surface area contributed by atoms with Crippen molar-refractivity contribution in [2.75, 3.05) is 20.3 Å². The highest BCUT2D eigenvalue weighted by Gasteiger charge is 2.37. The Kier molecular flexibility index (Phi) is 8.62. The van der Waals surface area contributed by atoms with Crippen LogP contribution in [-0.2, 0) is 18.9 Å². The lowest BCUT2D eigenvalue weighted by atomic mass is 10.0. The van der Waals surface area contributed by atoms with E-state index in [0.29, 0.717) is 0 Å². The average Bonchev–Trinajstić information content (AvgIpc) is 2.42. The highest BCUT2D eigenvalue weighted by Crippen LogP contribution is 2.25. The van der Waals surface area contributed by atoms with Crippen molar-refractivity contribution in [3.63, 3.8) is 0 Å². The Hall–Kier alpha value is -0.160. The molecule has 0 bridgehead atoms. The molecule has 114 valence electrons. The zero-order valence-corrected chi connectivity index (χ0v) is 12.9. The second-order valence-electron chi connectivity index (χ2n) is 5.21. The molecule has 0 saturated carbocycles. The van der Waals surface area contributed by atoms with Gasteiger partial charge in [-0.15, -0.1) is 0 Å². The molecule has 4 atom stereocenters. The van der Waals surface area contributed by atoms with Gasteiger partial charge in [0.1, 0.15) is 6.10 Å². The van der Waals surface area contributed by atoms with Crippen molar-refractivity contribution >= 4 is 0 Å². The van der Waals surface area contributed by atoms with Crippen molar-refractivity contribution in [2.45, 2.75) is 77.5 Å². The van der Waals surface area contributed by atoms with Crippen LogP contribution in [0, 0.1) is 0 Å². The zero-order chi connectivity index (χ0) is 14.1. The van der Waals surface area contributed by atoms with Crippen LogP contribution in [0.25, 0.3) is 0 Å². The van der Waals surface area contributed by atoms with E-state index < -0.39 is 0 Å². The van der Waals surface area contributed by atoms with Crippen LogP contribution < -0.4 is 0 Å². The Morgan fingerprint density at radius 2 is 1.58 bits per heavy atom. The first-order valence-corrected chi connectivity index (χ1v) is 7.64. The molecule has 1 rings (SSSR count). The summed E-state index contributed by atoms with van der Waals surface area (Å²) >= 11 is 0. The largest absolute Gasteiger partial charge is 0.375 e. The summed E-state index contributed by atoms with van der Waals surface area (Å²) < 4.78 is 23.0. The fourth-order valence-electron chi connectivity index (χ4n) is 2.23. The minimum absolute atomic E-state index is 0.0145. The van der Waals surface area contributed by atoms with Crippen LogP contribution >= 0.6 is 0 Å². The molecule has 1 unspecified atom stereocenters. The van der Waals surface area contributed by atoms with Gasteiger partial charge in [0.2, 0.25) is 0 Å². The lowest BCUT2D eigenvalue weighted by Crippen LogP contribution is -2.49. The molecular weight excluding hydrogens is 244 g/mol. The Bertz CT molecular complexity index is 222. The summed E-state index contributed by atoms with van der Waals surface area (Å²) in [6, 6.07) is 0. The van der Waals surface area contributed by atoms with Gasteiger partial charge < -0.3 is 18.9 Å². The molecule has 1 fully saturated rings. The molecule has 0 radical (unpaired) electrons. The minimum atomic E-state index is -0.266. The highest BCUT2D eigenvalue weighted by atomic mass is 16.7. The first kappa shape index (κ1) is 16.9. The van der Waals surface area contributed by atoms with Crippen LogP contribution in [0.3, 0.4) is 0 Å². The molecule has 0 spiro atoms. The van der Waals surface area contributed by atoms with Gasteiger partial charge in [-0.2, -0.15) is 0 Å². The summed E-state index contributed by atoms with van der Waals surface area (Å²) in [5.74, 6) is 0. The van der Waals surface area contributed by atoms with Gasteiger partial charge >= 0.3 is 0 Å². The first-order chi connectivity index (χ1) is 9.22. The van der Waals surface area contributed by atoms with E-state index in [1.807, 2.05) is 6.92 Å². The molecule has 1 heterocycles. The Labute approximate surface area is 117 Å². The molecule has 0 aliphatic carbocycles. The summed E-state index contributed by atoms with van der Waals surface area (Å²) in [7, 11) is 1.67. The van der Waals surface area contributed by atoms with Crippen LogP contribution in [0.1, 0.15) is 52.9 Å². The van der Waals surface area contributed by atoms with E-state index in [1.165, 1.54) is 0 Å². The average molecular weight is 274 g/mol. The summed E-state index contributed by atoms with van der Waals surface area (Å²) in [5.41, 5.74) is 0. The van der Waals surface area contributed by atoms with Crippen LogP contribution in [0.2, 0.25) is 0 Å². The molecule has 0 amide bonds. The predicted molar refractivity (Wildman–Crippen MR) is 75.3 cm³/mol. The number of unbranched alkanes of at least 4 members (excludes halogenated alkanes) is 2. The van der Waals surface area contributed by atoms with E-state index >= 15 is 0 Å². The third-order valence-electron chi connectivity index (χ3n) is 3.53. The van der Waals surface area contributed by atoms with Gasteiger partial charge in [0.15, 0.2) is 6.29 Å². The SMILES string of the molecule is CCCCO[C@H]1C[C@@H](OCCCC)[C@@H](OC)OC1C. The normalized spacial score (nSPS) is 31.6. The Morgan fingerprint density at radius 3 is 2.11 bits per heavy atom. The zero-order valence-electron chi connectivity index (χ0n) is 12.9. The van der Waals surface area contributed by atoms with E-state index in [2.05, 4.69) is 13.8 Å². The summed E-state index contributed by atoms with van der Waals surface area (Å²) in [4.78, 5) is 0. The molecular formula is C15H30O4. The molecule has 0 aromatic carbocycles. The third-order valence-corrected chi connectivity index (χ3v) is 3.53. The second kappa shape index (κ2) is 9.70. The summed E-state index contributed by atoms with van der Waals surface area (Å²) in [6.45, 7) is 7.94. The van der Waals surface area contributed by atoms with E-state index in [-0.39, 0.29) is 24.6 Å². The fourth-order valence-corrected chi connectivity index (χ4v) is 2.23. The van der Waals surface area contributed by atoms with Crippen LogP contribution in [-0.4, -0.2) is 44.9 Å². The molecule has 0 aromatic heterocycles. The highest BCUT2D eigenvalue weighted by molar-refractivity contribution is 4.81. The monoisotopic (exact) mass is 274 g/mol. The van der Waals surface area contributed by atoms with E-state index in [0.717, 1.165) is 45.3 Å². The second-order valence-corrected chi connectivity index (χ2v) is 5.21. The van der Waals surface area contributed by atoms with Gasteiger partial charge in [0, 0.05) is 26.7 Å². The van der Waals surface area contributed by atoms with E-state index in [9.17, 15) is 0 Å². The molecule has 4 nitrogen and oxygen atoms in total. The first-order valence-electron chi connectivity index (χ1n) is 7.64. The van der Waals surface area contributed by atoms with Crippen molar-refractivity contribution in [3.8, 4) is 0 Å². The molecule has 0 aromatic rings. The van der Waals surface area contributed by atoms with Gasteiger partial charge in [-0.3, -0.25) is 0 Å². The predicted octanol–water partition coefficient (Wildman–Crippen LogP) is 3.14. The van der Waals surface area contributed by atoms with Gasteiger partial charge in [-0.1, -0.05) is 26.7 Å². The number of rotatable bonds is 9. The van der Waals surface area contributed by atoms with Crippen molar-refractivity contribution < 1.29 is 18.9 Å². The van der Waals surface area contributed by atoms with Crippen molar-refractivity contribution in [3.05, 3.63) is 0 Å². The fraction of sp³-hybridized carbons (Fsp3) is 1.00. The molecule has 1 aliphatic heterocycles. The lowest BCUT2D eigenvalue weighted by molar-refractivity contribution is -0.268. The van der Waals surface area contributed by atoms with Crippen molar-refractivity contribution in [2.24, 2.45) is 0 Å². The molecule has 19 heavy (non-hydrogen) atoms. The molecule has 1 saturated heterocycles. The lowest BCUT2D eigenvalue weighted by Gasteiger charge is -2.39. The quantitative estimate of drug-likeness (QED) is 0.605. The number of ether oxygens (including phenoxy) is 4. The molecule has 0 N–H and O–H groups in total. The summed E-state index contributed by atoms with van der Waals surface area (Å²) in [5, 5.41) is 0. The molecule has 4 heteroatoms.